The van der Waals surface area contributed by atoms with E-state index in [1.165, 1.54) is 31.0 Å². The van der Waals surface area contributed by atoms with E-state index in [1.54, 1.807) is 18.2 Å². The van der Waals surface area contributed by atoms with Gasteiger partial charge in [0.05, 0.1) is 17.1 Å². The van der Waals surface area contributed by atoms with Crippen molar-refractivity contribution in [3.63, 3.8) is 0 Å². The first-order valence-corrected chi connectivity index (χ1v) is 8.93. The van der Waals surface area contributed by atoms with Crippen molar-refractivity contribution in [3.05, 3.63) is 65.4 Å². The molecule has 0 amide bonds. The molecular weight excluding hydrogens is 348 g/mol. The number of nitrogens with zero attached hydrogens (tertiary/aromatic N) is 1. The van der Waals surface area contributed by atoms with Gasteiger partial charge in [0, 0.05) is 29.8 Å². The summed E-state index contributed by atoms with van der Waals surface area (Å²) in [7, 11) is 0. The predicted octanol–water partition coefficient (Wildman–Crippen LogP) is 5.06. The fourth-order valence-corrected chi connectivity index (χ4v) is 3.02. The molecule has 4 rings (SSSR count). The minimum atomic E-state index is -0.451. The molecule has 27 heavy (non-hydrogen) atoms. The molecule has 1 aliphatic carbocycles. The second-order valence-electron chi connectivity index (χ2n) is 6.94. The fourth-order valence-electron chi connectivity index (χ4n) is 3.02. The number of hydrogen-bond acceptors (Lipinski definition) is 4. The molecule has 1 fully saturated rings. The van der Waals surface area contributed by atoms with Gasteiger partial charge in [-0.25, -0.2) is 8.78 Å². The Hall–Kier alpha value is -3.09. The summed E-state index contributed by atoms with van der Waals surface area (Å²) in [6, 6.07) is 10.8. The van der Waals surface area contributed by atoms with E-state index in [-0.39, 0.29) is 11.9 Å². The van der Waals surface area contributed by atoms with Crippen molar-refractivity contribution in [1.29, 1.82) is 0 Å². The van der Waals surface area contributed by atoms with Gasteiger partial charge in [-0.15, -0.1) is 0 Å². The molecule has 0 spiro atoms. The van der Waals surface area contributed by atoms with E-state index in [0.29, 0.717) is 28.8 Å². The van der Waals surface area contributed by atoms with E-state index in [4.69, 9.17) is 5.73 Å². The van der Waals surface area contributed by atoms with E-state index < -0.39 is 5.82 Å². The summed E-state index contributed by atoms with van der Waals surface area (Å²) in [4.78, 5) is 0. The van der Waals surface area contributed by atoms with E-state index in [1.807, 2.05) is 13.0 Å². The number of anilines is 4. The number of aromatic amines is 1. The molecule has 1 saturated carbocycles. The molecule has 7 heteroatoms. The van der Waals surface area contributed by atoms with Crippen LogP contribution in [0.1, 0.15) is 43.0 Å². The van der Waals surface area contributed by atoms with Crippen LogP contribution in [0.2, 0.25) is 0 Å². The van der Waals surface area contributed by atoms with Crippen molar-refractivity contribution in [2.75, 3.05) is 16.4 Å². The molecule has 0 aliphatic heterocycles. The number of nitrogens with one attached hydrogen (secondary N) is 3. The molecule has 0 radical (unpaired) electrons. The van der Waals surface area contributed by atoms with Crippen molar-refractivity contribution < 1.29 is 8.78 Å². The van der Waals surface area contributed by atoms with E-state index >= 15 is 0 Å². The standard InChI is InChI=1S/C20H21F2N5/c1-11(12-4-6-14(21)7-5-12)24-18-9-19(16(23)8-15(18)22)25-20-10-17(26-27-20)13-2-3-13/h4-11,13,24H,2-3,23H2,1H3,(H2,25,26,27). The van der Waals surface area contributed by atoms with Crippen molar-refractivity contribution in [3.8, 4) is 0 Å². The highest BCUT2D eigenvalue weighted by Gasteiger charge is 2.25. The van der Waals surface area contributed by atoms with E-state index in [0.717, 1.165) is 11.3 Å². The monoisotopic (exact) mass is 369 g/mol. The Bertz CT molecular complexity index is 948. The van der Waals surface area contributed by atoms with Crippen molar-refractivity contribution in [2.45, 2.75) is 31.7 Å². The van der Waals surface area contributed by atoms with Gasteiger partial charge in [0.15, 0.2) is 5.82 Å². The molecule has 0 saturated heterocycles. The van der Waals surface area contributed by atoms with Gasteiger partial charge in [0.2, 0.25) is 0 Å². The number of aromatic nitrogens is 2. The highest BCUT2D eigenvalue weighted by molar-refractivity contribution is 5.76. The Morgan fingerprint density at radius 2 is 1.85 bits per heavy atom. The maximum absolute atomic E-state index is 14.4. The number of H-pyrrole nitrogens is 1. The van der Waals surface area contributed by atoms with Crippen LogP contribution in [0.15, 0.2) is 42.5 Å². The van der Waals surface area contributed by atoms with Crippen LogP contribution < -0.4 is 16.4 Å². The smallest absolute Gasteiger partial charge is 0.152 e. The van der Waals surface area contributed by atoms with Crippen LogP contribution in [0.4, 0.5) is 31.7 Å². The molecule has 2 aromatic carbocycles. The van der Waals surface area contributed by atoms with Crippen molar-refractivity contribution in [1.82, 2.24) is 10.2 Å². The Labute approximate surface area is 156 Å². The van der Waals surface area contributed by atoms with Gasteiger partial charge in [0.25, 0.3) is 0 Å². The third kappa shape index (κ3) is 3.86. The molecule has 5 nitrogen and oxygen atoms in total. The normalized spacial score (nSPS) is 14.8. The molecule has 1 aliphatic rings. The number of benzene rings is 2. The second-order valence-corrected chi connectivity index (χ2v) is 6.94. The summed E-state index contributed by atoms with van der Waals surface area (Å²) in [6.45, 7) is 1.88. The highest BCUT2D eigenvalue weighted by atomic mass is 19.1. The van der Waals surface area contributed by atoms with Gasteiger partial charge in [-0.05, 0) is 43.5 Å². The molecule has 140 valence electrons. The fraction of sp³-hybridized carbons (Fsp3) is 0.250. The average Bonchev–Trinajstić information content (AvgIpc) is 3.39. The Balaban J connectivity index is 1.53. The SMILES string of the molecule is CC(Nc1cc(Nc2cc(C3CC3)[nH]n2)c(N)cc1F)c1ccc(F)cc1. The summed E-state index contributed by atoms with van der Waals surface area (Å²) in [5, 5.41) is 13.5. The van der Waals surface area contributed by atoms with Gasteiger partial charge in [-0.2, -0.15) is 5.10 Å². The van der Waals surface area contributed by atoms with Crippen molar-refractivity contribution >= 4 is 22.9 Å². The quantitative estimate of drug-likeness (QED) is 0.458. The van der Waals surface area contributed by atoms with Gasteiger partial charge >= 0.3 is 0 Å². The number of halogens is 2. The maximum atomic E-state index is 14.4. The van der Waals surface area contributed by atoms with E-state index in [9.17, 15) is 8.78 Å². The summed E-state index contributed by atoms with van der Waals surface area (Å²) < 4.78 is 27.5. The topological polar surface area (TPSA) is 78.8 Å². The zero-order chi connectivity index (χ0) is 19.0. The third-order valence-electron chi connectivity index (χ3n) is 4.76. The number of nitrogen functional groups attached to an aromatic ring is 1. The highest BCUT2D eigenvalue weighted by Crippen LogP contribution is 2.40. The average molecular weight is 369 g/mol. The maximum Gasteiger partial charge on any atom is 0.152 e. The Kier molecular flexibility index (Phi) is 4.43. The summed E-state index contributed by atoms with van der Waals surface area (Å²) in [5.74, 6) is 0.452. The Morgan fingerprint density at radius 3 is 2.56 bits per heavy atom. The van der Waals surface area contributed by atoms with Crippen LogP contribution in [-0.2, 0) is 0 Å². The molecule has 1 heterocycles. The van der Waals surface area contributed by atoms with Gasteiger partial charge in [-0.3, -0.25) is 5.10 Å². The lowest BCUT2D eigenvalue weighted by Gasteiger charge is -2.18. The van der Waals surface area contributed by atoms with E-state index in [2.05, 4.69) is 20.8 Å². The van der Waals surface area contributed by atoms with Crippen LogP contribution in [-0.4, -0.2) is 10.2 Å². The first-order chi connectivity index (χ1) is 13.0. The molecule has 1 atom stereocenters. The first kappa shape index (κ1) is 17.3. The molecular formula is C20H21F2N5. The zero-order valence-corrected chi connectivity index (χ0v) is 14.9. The lowest BCUT2D eigenvalue weighted by atomic mass is 10.1. The lowest BCUT2D eigenvalue weighted by molar-refractivity contribution is 0.624. The zero-order valence-electron chi connectivity index (χ0n) is 14.9. The lowest BCUT2D eigenvalue weighted by Crippen LogP contribution is -2.09. The van der Waals surface area contributed by atoms with Gasteiger partial charge in [-0.1, -0.05) is 12.1 Å². The molecule has 3 aromatic rings. The van der Waals surface area contributed by atoms with Crippen LogP contribution in [0, 0.1) is 11.6 Å². The van der Waals surface area contributed by atoms with Gasteiger partial charge < -0.3 is 16.4 Å². The van der Waals surface area contributed by atoms with Crippen molar-refractivity contribution in [2.24, 2.45) is 0 Å². The molecule has 0 bridgehead atoms. The molecule has 1 aromatic heterocycles. The summed E-state index contributed by atoms with van der Waals surface area (Å²) in [6.07, 6.45) is 2.35. The van der Waals surface area contributed by atoms with Crippen LogP contribution >= 0.6 is 0 Å². The number of hydrogen-bond donors (Lipinski definition) is 4. The van der Waals surface area contributed by atoms with Crippen LogP contribution in [0.3, 0.4) is 0 Å². The second kappa shape index (κ2) is 6.90. The molecule has 1 unspecified atom stereocenters. The largest absolute Gasteiger partial charge is 0.397 e. The third-order valence-corrected chi connectivity index (χ3v) is 4.76. The van der Waals surface area contributed by atoms with Crippen LogP contribution in [0.5, 0.6) is 0 Å². The Morgan fingerprint density at radius 1 is 1.11 bits per heavy atom. The molecule has 5 N–H and O–H groups in total. The number of rotatable bonds is 6. The minimum absolute atomic E-state index is 0.205. The first-order valence-electron chi connectivity index (χ1n) is 8.93. The summed E-state index contributed by atoms with van der Waals surface area (Å²) >= 11 is 0. The number of nitrogens with two attached hydrogens (primary N) is 1. The summed E-state index contributed by atoms with van der Waals surface area (Å²) in [5.41, 5.74) is 9.09. The predicted molar refractivity (Wildman–Crippen MR) is 103 cm³/mol. The van der Waals surface area contributed by atoms with Gasteiger partial charge in [0.1, 0.15) is 11.6 Å². The minimum Gasteiger partial charge on any atom is -0.397 e. The van der Waals surface area contributed by atoms with Crippen LogP contribution in [0.25, 0.3) is 0 Å².